The van der Waals surface area contributed by atoms with Crippen molar-refractivity contribution in [1.29, 1.82) is 5.26 Å². The van der Waals surface area contributed by atoms with Crippen LogP contribution >= 0.6 is 0 Å². The van der Waals surface area contributed by atoms with Crippen LogP contribution in [0.3, 0.4) is 0 Å². The van der Waals surface area contributed by atoms with Crippen molar-refractivity contribution in [1.82, 2.24) is 9.78 Å². The Morgan fingerprint density at radius 2 is 2.00 bits per heavy atom. The normalized spacial score (nSPS) is 11.8. The molecule has 1 N–H and O–H groups in total. The van der Waals surface area contributed by atoms with Crippen LogP contribution in [0.5, 0.6) is 0 Å². The SMILES string of the molecule is Cn1cc(CNc2ccc(S(C)=O)c(F)c2)c(-c2ccc(C#N)cc2)n1. The monoisotopic (exact) mass is 368 g/mol. The number of anilines is 1. The highest BCUT2D eigenvalue weighted by molar-refractivity contribution is 7.84. The summed E-state index contributed by atoms with van der Waals surface area (Å²) in [6, 6.07) is 13.9. The van der Waals surface area contributed by atoms with E-state index < -0.39 is 16.6 Å². The number of hydrogen-bond acceptors (Lipinski definition) is 4. The molecule has 1 atom stereocenters. The van der Waals surface area contributed by atoms with E-state index in [0.29, 0.717) is 17.8 Å². The molecule has 0 radical (unpaired) electrons. The molecule has 3 rings (SSSR count). The van der Waals surface area contributed by atoms with E-state index in [1.807, 2.05) is 25.4 Å². The molecule has 5 nitrogen and oxygen atoms in total. The molecule has 0 amide bonds. The summed E-state index contributed by atoms with van der Waals surface area (Å²) in [5, 5.41) is 16.6. The van der Waals surface area contributed by atoms with Crippen molar-refractivity contribution < 1.29 is 8.60 Å². The summed E-state index contributed by atoms with van der Waals surface area (Å²) in [5.41, 5.74) is 3.85. The molecule has 0 aliphatic carbocycles. The topological polar surface area (TPSA) is 70.7 Å². The van der Waals surface area contributed by atoms with Gasteiger partial charge in [0.25, 0.3) is 0 Å². The molecule has 0 aliphatic rings. The molecule has 2 aromatic carbocycles. The van der Waals surface area contributed by atoms with Crippen molar-refractivity contribution in [3.63, 3.8) is 0 Å². The molecular formula is C19H17FN4OS. The summed E-state index contributed by atoms with van der Waals surface area (Å²) in [4.78, 5) is 0.190. The number of rotatable bonds is 5. The van der Waals surface area contributed by atoms with Gasteiger partial charge < -0.3 is 5.32 Å². The maximum absolute atomic E-state index is 14.0. The van der Waals surface area contributed by atoms with Gasteiger partial charge in [0.05, 0.1) is 33.0 Å². The Morgan fingerprint density at radius 3 is 2.62 bits per heavy atom. The Bertz CT molecular complexity index is 1010. The zero-order valence-corrected chi connectivity index (χ0v) is 15.2. The average molecular weight is 368 g/mol. The zero-order valence-electron chi connectivity index (χ0n) is 14.4. The van der Waals surface area contributed by atoms with Crippen LogP contribution in [0.4, 0.5) is 10.1 Å². The predicted molar refractivity (Wildman–Crippen MR) is 99.4 cm³/mol. The fraction of sp³-hybridized carbons (Fsp3) is 0.158. The van der Waals surface area contributed by atoms with Crippen LogP contribution in [-0.2, 0) is 24.4 Å². The molecule has 0 saturated carbocycles. The zero-order chi connectivity index (χ0) is 18.7. The van der Waals surface area contributed by atoms with Gasteiger partial charge in [-0.2, -0.15) is 10.4 Å². The first-order valence-corrected chi connectivity index (χ1v) is 9.43. The highest BCUT2D eigenvalue weighted by Crippen LogP contribution is 2.24. The third-order valence-electron chi connectivity index (χ3n) is 3.92. The molecule has 3 aromatic rings. The second-order valence-corrected chi connectivity index (χ2v) is 7.17. The standard InChI is InChI=1S/C19H17FN4OS/c1-24-12-15(19(23-24)14-5-3-13(10-21)4-6-14)11-22-16-7-8-18(26(2)25)17(20)9-16/h3-9,12,22H,11H2,1-2H3. The fourth-order valence-corrected chi connectivity index (χ4v) is 3.25. The molecule has 0 fully saturated rings. The number of nitriles is 1. The van der Waals surface area contributed by atoms with E-state index in [4.69, 9.17) is 5.26 Å². The van der Waals surface area contributed by atoms with E-state index in [1.165, 1.54) is 18.4 Å². The molecule has 0 bridgehead atoms. The molecule has 26 heavy (non-hydrogen) atoms. The van der Waals surface area contributed by atoms with Gasteiger partial charge in [0.1, 0.15) is 5.82 Å². The molecule has 1 heterocycles. The first-order chi connectivity index (χ1) is 12.5. The van der Waals surface area contributed by atoms with Crippen LogP contribution < -0.4 is 5.32 Å². The maximum Gasteiger partial charge on any atom is 0.141 e. The van der Waals surface area contributed by atoms with E-state index >= 15 is 0 Å². The van der Waals surface area contributed by atoms with Gasteiger partial charge in [-0.05, 0) is 30.3 Å². The van der Waals surface area contributed by atoms with E-state index in [2.05, 4.69) is 16.5 Å². The van der Waals surface area contributed by atoms with Crippen molar-refractivity contribution in [2.45, 2.75) is 11.4 Å². The Morgan fingerprint density at radius 1 is 1.27 bits per heavy atom. The second-order valence-electron chi connectivity index (χ2n) is 5.82. The fourth-order valence-electron chi connectivity index (χ4n) is 2.65. The Kier molecular flexibility index (Phi) is 5.14. The van der Waals surface area contributed by atoms with E-state index in [0.717, 1.165) is 16.8 Å². The van der Waals surface area contributed by atoms with Gasteiger partial charge in [-0.3, -0.25) is 8.89 Å². The highest BCUT2D eigenvalue weighted by Gasteiger charge is 2.11. The Labute approximate surface area is 153 Å². The van der Waals surface area contributed by atoms with Crippen molar-refractivity contribution in [2.24, 2.45) is 7.05 Å². The van der Waals surface area contributed by atoms with Gasteiger partial charge in [-0.25, -0.2) is 4.39 Å². The van der Waals surface area contributed by atoms with Crippen LogP contribution in [0.25, 0.3) is 11.3 Å². The third-order valence-corrected chi connectivity index (χ3v) is 4.87. The number of aryl methyl sites for hydroxylation is 1. The van der Waals surface area contributed by atoms with Crippen LogP contribution in [0.1, 0.15) is 11.1 Å². The van der Waals surface area contributed by atoms with Crippen molar-refractivity contribution in [3.8, 4) is 17.3 Å². The molecule has 0 saturated heterocycles. The van der Waals surface area contributed by atoms with Gasteiger partial charge in [0.15, 0.2) is 0 Å². The lowest BCUT2D eigenvalue weighted by Gasteiger charge is -2.08. The van der Waals surface area contributed by atoms with Crippen LogP contribution in [0, 0.1) is 17.1 Å². The number of halogens is 1. The van der Waals surface area contributed by atoms with Gasteiger partial charge in [0, 0.05) is 42.9 Å². The van der Waals surface area contributed by atoms with E-state index in [-0.39, 0.29) is 4.90 Å². The molecule has 1 unspecified atom stereocenters. The lowest BCUT2D eigenvalue weighted by atomic mass is 10.1. The van der Waals surface area contributed by atoms with Gasteiger partial charge in [0.2, 0.25) is 0 Å². The number of nitrogens with zero attached hydrogens (tertiary/aromatic N) is 3. The minimum Gasteiger partial charge on any atom is -0.381 e. The third kappa shape index (κ3) is 3.81. The molecule has 7 heteroatoms. The first kappa shape index (κ1) is 17.8. The average Bonchev–Trinajstić information content (AvgIpc) is 3.00. The molecule has 132 valence electrons. The smallest absolute Gasteiger partial charge is 0.141 e. The van der Waals surface area contributed by atoms with Crippen molar-refractivity contribution >= 4 is 16.5 Å². The second kappa shape index (κ2) is 7.50. The Hall–Kier alpha value is -2.98. The number of aromatic nitrogens is 2. The van der Waals surface area contributed by atoms with Gasteiger partial charge in [-0.15, -0.1) is 0 Å². The minimum atomic E-state index is -1.36. The predicted octanol–water partition coefficient (Wildman–Crippen LogP) is 3.45. The Balaban J connectivity index is 1.81. The highest BCUT2D eigenvalue weighted by atomic mass is 32.2. The largest absolute Gasteiger partial charge is 0.381 e. The van der Waals surface area contributed by atoms with Crippen molar-refractivity contribution in [2.75, 3.05) is 11.6 Å². The lowest BCUT2D eigenvalue weighted by Crippen LogP contribution is -2.01. The summed E-state index contributed by atoms with van der Waals surface area (Å²) in [6.07, 6.45) is 3.34. The number of benzene rings is 2. The van der Waals surface area contributed by atoms with Crippen LogP contribution in [0.15, 0.2) is 53.6 Å². The van der Waals surface area contributed by atoms with Crippen molar-refractivity contribution in [3.05, 3.63) is 65.6 Å². The summed E-state index contributed by atoms with van der Waals surface area (Å²) < 4.78 is 27.1. The van der Waals surface area contributed by atoms with Crippen LogP contribution in [0.2, 0.25) is 0 Å². The molecule has 1 aromatic heterocycles. The molecule has 0 aliphatic heterocycles. The summed E-state index contributed by atoms with van der Waals surface area (Å²) in [6.45, 7) is 0.456. The maximum atomic E-state index is 14.0. The number of nitrogens with one attached hydrogen (secondary N) is 1. The van der Waals surface area contributed by atoms with E-state index in [1.54, 1.807) is 22.9 Å². The molecule has 0 spiro atoms. The minimum absolute atomic E-state index is 0.190. The summed E-state index contributed by atoms with van der Waals surface area (Å²) >= 11 is 0. The first-order valence-electron chi connectivity index (χ1n) is 7.88. The van der Waals surface area contributed by atoms with Gasteiger partial charge in [-0.1, -0.05) is 12.1 Å². The lowest BCUT2D eigenvalue weighted by molar-refractivity contribution is 0.596. The van der Waals surface area contributed by atoms with E-state index in [9.17, 15) is 8.60 Å². The summed E-state index contributed by atoms with van der Waals surface area (Å²) in [5.74, 6) is -0.491. The van der Waals surface area contributed by atoms with Crippen LogP contribution in [-0.4, -0.2) is 20.2 Å². The number of hydrogen-bond donors (Lipinski definition) is 1. The van der Waals surface area contributed by atoms with Gasteiger partial charge >= 0.3 is 0 Å². The quantitative estimate of drug-likeness (QED) is 0.749. The summed E-state index contributed by atoms with van der Waals surface area (Å²) in [7, 11) is 0.479. The molecular weight excluding hydrogens is 351 g/mol.